The Bertz CT molecular complexity index is 625. The molecular formula is C16H18N2O. The Morgan fingerprint density at radius 3 is 2.79 bits per heavy atom. The maximum atomic E-state index is 12.6. The summed E-state index contributed by atoms with van der Waals surface area (Å²) in [5.41, 5.74) is 4.19. The van der Waals surface area contributed by atoms with Gasteiger partial charge in [-0.2, -0.15) is 5.10 Å². The predicted molar refractivity (Wildman–Crippen MR) is 74.5 cm³/mol. The molecule has 1 aromatic carbocycles. The average molecular weight is 254 g/mol. The fraction of sp³-hybridized carbons (Fsp3) is 0.375. The Morgan fingerprint density at radius 1 is 1.21 bits per heavy atom. The van der Waals surface area contributed by atoms with Gasteiger partial charge in [-0.25, -0.2) is 0 Å². The fourth-order valence-corrected chi connectivity index (χ4v) is 2.77. The van der Waals surface area contributed by atoms with Gasteiger partial charge < -0.3 is 0 Å². The van der Waals surface area contributed by atoms with Gasteiger partial charge in [0.2, 0.25) is 5.78 Å². The highest BCUT2D eigenvalue weighted by Crippen LogP contribution is 2.24. The van der Waals surface area contributed by atoms with Crippen molar-refractivity contribution in [2.24, 2.45) is 0 Å². The number of hydrogen-bond acceptors (Lipinski definition) is 2. The molecule has 98 valence electrons. The van der Waals surface area contributed by atoms with E-state index in [2.05, 4.69) is 17.2 Å². The van der Waals surface area contributed by atoms with Gasteiger partial charge in [0.1, 0.15) is 5.69 Å². The first kappa shape index (κ1) is 12.2. The topological polar surface area (TPSA) is 34.9 Å². The molecule has 2 aromatic rings. The smallest absolute Gasteiger partial charge is 0.211 e. The van der Waals surface area contributed by atoms with Crippen molar-refractivity contribution in [1.82, 2.24) is 9.78 Å². The number of fused-ring (bicyclic) bond motifs is 1. The molecule has 0 aliphatic heterocycles. The standard InChI is InChI=1S/C16H18N2O/c1-11(2)18-15(8-9-17-18)16(19)14-7-6-12-4-3-5-13(12)10-14/h6-11H,3-5H2,1-2H3. The number of rotatable bonds is 3. The molecule has 0 atom stereocenters. The van der Waals surface area contributed by atoms with Crippen molar-refractivity contribution in [3.8, 4) is 0 Å². The zero-order valence-electron chi connectivity index (χ0n) is 11.4. The van der Waals surface area contributed by atoms with Crippen LogP contribution in [0.4, 0.5) is 0 Å². The molecule has 0 amide bonds. The van der Waals surface area contributed by atoms with Gasteiger partial charge in [-0.05, 0) is 56.4 Å². The molecule has 0 bridgehead atoms. The second kappa shape index (κ2) is 4.65. The molecule has 0 spiro atoms. The van der Waals surface area contributed by atoms with Crippen molar-refractivity contribution >= 4 is 5.78 Å². The molecule has 3 nitrogen and oxygen atoms in total. The molecule has 3 heteroatoms. The number of carbonyl (C=O) groups is 1. The zero-order valence-corrected chi connectivity index (χ0v) is 11.4. The minimum atomic E-state index is 0.0703. The summed E-state index contributed by atoms with van der Waals surface area (Å²) in [7, 11) is 0. The van der Waals surface area contributed by atoms with Crippen molar-refractivity contribution in [3.63, 3.8) is 0 Å². The van der Waals surface area contributed by atoms with Gasteiger partial charge >= 0.3 is 0 Å². The van der Waals surface area contributed by atoms with Crippen LogP contribution in [0.2, 0.25) is 0 Å². The Kier molecular flexibility index (Phi) is 2.97. The van der Waals surface area contributed by atoms with Crippen LogP contribution in [0, 0.1) is 0 Å². The lowest BCUT2D eigenvalue weighted by molar-refractivity contribution is 0.102. The Hall–Kier alpha value is -1.90. The van der Waals surface area contributed by atoms with Crippen LogP contribution < -0.4 is 0 Å². The molecule has 0 radical (unpaired) electrons. The highest BCUT2D eigenvalue weighted by molar-refractivity contribution is 6.08. The minimum Gasteiger partial charge on any atom is -0.287 e. The summed E-state index contributed by atoms with van der Waals surface area (Å²) < 4.78 is 1.79. The third kappa shape index (κ3) is 2.09. The summed E-state index contributed by atoms with van der Waals surface area (Å²) in [4.78, 5) is 12.6. The number of aryl methyl sites for hydroxylation is 2. The van der Waals surface area contributed by atoms with E-state index >= 15 is 0 Å². The minimum absolute atomic E-state index is 0.0703. The van der Waals surface area contributed by atoms with Gasteiger partial charge in [0, 0.05) is 17.8 Å². The van der Waals surface area contributed by atoms with Crippen molar-refractivity contribution in [3.05, 3.63) is 52.8 Å². The molecule has 19 heavy (non-hydrogen) atoms. The van der Waals surface area contributed by atoms with Crippen LogP contribution in [0.5, 0.6) is 0 Å². The molecule has 1 aromatic heterocycles. The van der Waals surface area contributed by atoms with E-state index < -0.39 is 0 Å². The Morgan fingerprint density at radius 2 is 2.00 bits per heavy atom. The molecule has 0 saturated carbocycles. The van der Waals surface area contributed by atoms with E-state index in [0.29, 0.717) is 5.69 Å². The molecule has 0 saturated heterocycles. The maximum absolute atomic E-state index is 12.6. The summed E-state index contributed by atoms with van der Waals surface area (Å²) in [6, 6.07) is 8.11. The number of hydrogen-bond donors (Lipinski definition) is 0. The van der Waals surface area contributed by atoms with Gasteiger partial charge in [0.15, 0.2) is 0 Å². The number of ketones is 1. The van der Waals surface area contributed by atoms with Gasteiger partial charge in [-0.3, -0.25) is 9.48 Å². The number of carbonyl (C=O) groups excluding carboxylic acids is 1. The van der Waals surface area contributed by atoms with E-state index in [1.807, 2.05) is 19.9 Å². The van der Waals surface area contributed by atoms with E-state index in [4.69, 9.17) is 0 Å². The van der Waals surface area contributed by atoms with Crippen molar-refractivity contribution in [1.29, 1.82) is 0 Å². The summed E-state index contributed by atoms with van der Waals surface area (Å²) in [5, 5.41) is 4.23. The highest BCUT2D eigenvalue weighted by atomic mass is 16.1. The summed E-state index contributed by atoms with van der Waals surface area (Å²) in [6.45, 7) is 4.07. The van der Waals surface area contributed by atoms with Crippen LogP contribution in [0.15, 0.2) is 30.5 Å². The molecule has 0 unspecified atom stereocenters. The molecule has 0 N–H and O–H groups in total. The van der Waals surface area contributed by atoms with Crippen LogP contribution in [0.1, 0.15) is 53.5 Å². The van der Waals surface area contributed by atoms with E-state index in [9.17, 15) is 4.79 Å². The van der Waals surface area contributed by atoms with Crippen LogP contribution in [0.25, 0.3) is 0 Å². The second-order valence-electron chi connectivity index (χ2n) is 5.42. The molecule has 1 heterocycles. The summed E-state index contributed by atoms with van der Waals surface area (Å²) in [5.74, 6) is 0.0703. The van der Waals surface area contributed by atoms with Crippen molar-refractivity contribution in [2.75, 3.05) is 0 Å². The summed E-state index contributed by atoms with van der Waals surface area (Å²) >= 11 is 0. The van der Waals surface area contributed by atoms with Crippen molar-refractivity contribution in [2.45, 2.75) is 39.2 Å². The molecule has 3 rings (SSSR count). The molecular weight excluding hydrogens is 236 g/mol. The Labute approximate surface area is 113 Å². The number of aromatic nitrogens is 2. The normalized spacial score (nSPS) is 13.8. The van der Waals surface area contributed by atoms with E-state index in [1.54, 1.807) is 16.9 Å². The lowest BCUT2D eigenvalue weighted by Crippen LogP contribution is -2.13. The Balaban J connectivity index is 1.98. The first-order valence-corrected chi connectivity index (χ1v) is 6.87. The van der Waals surface area contributed by atoms with E-state index in [-0.39, 0.29) is 11.8 Å². The van der Waals surface area contributed by atoms with Crippen LogP contribution in [-0.2, 0) is 12.8 Å². The molecule has 0 fully saturated rings. The van der Waals surface area contributed by atoms with Crippen LogP contribution in [-0.4, -0.2) is 15.6 Å². The third-order valence-corrected chi connectivity index (χ3v) is 3.75. The summed E-state index contributed by atoms with van der Waals surface area (Å²) in [6.07, 6.45) is 5.14. The third-order valence-electron chi connectivity index (χ3n) is 3.75. The van der Waals surface area contributed by atoms with Crippen LogP contribution >= 0.6 is 0 Å². The molecule has 1 aliphatic rings. The molecule has 1 aliphatic carbocycles. The van der Waals surface area contributed by atoms with Crippen molar-refractivity contribution < 1.29 is 4.79 Å². The second-order valence-corrected chi connectivity index (χ2v) is 5.42. The van der Waals surface area contributed by atoms with Crippen LogP contribution in [0.3, 0.4) is 0 Å². The number of nitrogens with zero attached hydrogens (tertiary/aromatic N) is 2. The SMILES string of the molecule is CC(C)n1nccc1C(=O)c1ccc2c(c1)CCC2. The zero-order chi connectivity index (χ0) is 13.4. The number of benzene rings is 1. The van der Waals surface area contributed by atoms with Gasteiger partial charge in [0.05, 0.1) is 0 Å². The fourth-order valence-electron chi connectivity index (χ4n) is 2.77. The highest BCUT2D eigenvalue weighted by Gasteiger charge is 2.18. The van der Waals surface area contributed by atoms with Gasteiger partial charge in [-0.1, -0.05) is 12.1 Å². The lowest BCUT2D eigenvalue weighted by Gasteiger charge is -2.10. The van der Waals surface area contributed by atoms with E-state index in [1.165, 1.54) is 17.5 Å². The first-order chi connectivity index (χ1) is 9.16. The predicted octanol–water partition coefficient (Wildman–Crippen LogP) is 3.18. The average Bonchev–Trinajstić information content (AvgIpc) is 3.05. The lowest BCUT2D eigenvalue weighted by atomic mass is 10.0. The maximum Gasteiger partial charge on any atom is 0.211 e. The monoisotopic (exact) mass is 254 g/mol. The first-order valence-electron chi connectivity index (χ1n) is 6.87. The quantitative estimate of drug-likeness (QED) is 0.788. The van der Waals surface area contributed by atoms with Gasteiger partial charge in [-0.15, -0.1) is 0 Å². The largest absolute Gasteiger partial charge is 0.287 e. The van der Waals surface area contributed by atoms with E-state index in [0.717, 1.165) is 18.4 Å². The van der Waals surface area contributed by atoms with Gasteiger partial charge in [0.25, 0.3) is 0 Å².